The molecular formula is C31H62ClN3O6. The number of esters is 1. The highest BCUT2D eigenvalue weighted by molar-refractivity contribution is 5.70. The van der Waals surface area contributed by atoms with Crippen LogP contribution in [0.1, 0.15) is 122 Å². The lowest BCUT2D eigenvalue weighted by atomic mass is 10.0. The van der Waals surface area contributed by atoms with Gasteiger partial charge in [0.1, 0.15) is 6.61 Å². The number of alkyl carbamates (subject to hydrolysis) is 2. The molecule has 0 heterocycles. The first-order valence-corrected chi connectivity index (χ1v) is 15.9. The molecule has 1 unspecified atom stereocenters. The van der Waals surface area contributed by atoms with Gasteiger partial charge in [-0.15, -0.1) is 0 Å². The van der Waals surface area contributed by atoms with Crippen molar-refractivity contribution in [3.05, 3.63) is 0 Å². The van der Waals surface area contributed by atoms with E-state index < -0.39 is 18.3 Å². The normalized spacial score (nSPS) is 11.7. The summed E-state index contributed by atoms with van der Waals surface area (Å²) in [5.74, 6) is -0.356. The monoisotopic (exact) mass is 607 g/mol. The molecule has 0 saturated carbocycles. The van der Waals surface area contributed by atoms with Crippen LogP contribution in [0.2, 0.25) is 0 Å². The van der Waals surface area contributed by atoms with Gasteiger partial charge in [0.2, 0.25) is 0 Å². The zero-order chi connectivity index (χ0) is 29.9. The molecule has 244 valence electrons. The fourth-order valence-electron chi connectivity index (χ4n) is 4.36. The van der Waals surface area contributed by atoms with E-state index >= 15 is 0 Å². The summed E-state index contributed by atoms with van der Waals surface area (Å²) in [5.41, 5.74) is 0. The summed E-state index contributed by atoms with van der Waals surface area (Å²) >= 11 is 0. The maximum Gasteiger partial charge on any atom is 0.407 e. The molecule has 0 aliphatic heterocycles. The minimum atomic E-state index is -0.801. The van der Waals surface area contributed by atoms with Crippen LogP contribution in [0, 0.1) is 0 Å². The van der Waals surface area contributed by atoms with Crippen LogP contribution in [0.25, 0.3) is 0 Å². The van der Waals surface area contributed by atoms with Crippen molar-refractivity contribution in [1.29, 1.82) is 0 Å². The minimum Gasteiger partial charge on any atom is -1.00 e. The molecule has 0 aromatic rings. The highest BCUT2D eigenvalue weighted by Gasteiger charge is 2.18. The third kappa shape index (κ3) is 31.0. The van der Waals surface area contributed by atoms with Gasteiger partial charge in [-0.25, -0.2) is 9.59 Å². The number of nitrogens with zero attached hydrogens (tertiary/aromatic N) is 1. The molecule has 0 aromatic heterocycles. The molecule has 0 aliphatic rings. The highest BCUT2D eigenvalue weighted by atomic mass is 35.5. The summed E-state index contributed by atoms with van der Waals surface area (Å²) in [6.07, 6.45) is 19.7. The number of rotatable bonds is 26. The highest BCUT2D eigenvalue weighted by Crippen LogP contribution is 2.13. The fraction of sp³-hybridized carbons (Fsp3) is 0.903. The predicted octanol–water partition coefficient (Wildman–Crippen LogP) is 3.73. The second-order valence-corrected chi connectivity index (χ2v) is 11.9. The molecule has 1 atom stereocenters. The Balaban J connectivity index is 0. The van der Waals surface area contributed by atoms with Gasteiger partial charge in [0, 0.05) is 13.5 Å². The first-order valence-electron chi connectivity index (χ1n) is 15.9. The first kappa shape index (κ1) is 41.4. The molecule has 2 N–H and O–H groups in total. The maximum absolute atomic E-state index is 12.0. The number of halogens is 1. The number of amides is 2. The number of carbonyl (C=O) groups is 3. The summed E-state index contributed by atoms with van der Waals surface area (Å²) in [5, 5.41) is 4.95. The Hall–Kier alpha value is -1.74. The van der Waals surface area contributed by atoms with Crippen molar-refractivity contribution in [2.75, 3.05) is 54.5 Å². The molecule has 0 fully saturated rings. The molecule has 0 spiro atoms. The van der Waals surface area contributed by atoms with E-state index in [2.05, 4.69) is 38.7 Å². The summed E-state index contributed by atoms with van der Waals surface area (Å²) < 4.78 is 16.5. The van der Waals surface area contributed by atoms with Gasteiger partial charge < -0.3 is 41.7 Å². The second kappa shape index (κ2) is 28.4. The largest absolute Gasteiger partial charge is 1.00 e. The molecule has 9 nitrogen and oxygen atoms in total. The first-order chi connectivity index (χ1) is 19.2. The number of carbonyl (C=O) groups excluding carboxylic acids is 3. The number of hydrogen-bond acceptors (Lipinski definition) is 6. The molecule has 41 heavy (non-hydrogen) atoms. The lowest BCUT2D eigenvalue weighted by molar-refractivity contribution is -0.870. The topological polar surface area (TPSA) is 103 Å². The van der Waals surface area contributed by atoms with Crippen LogP contribution < -0.4 is 23.0 Å². The molecule has 0 aliphatic carbocycles. The molecule has 0 bridgehead atoms. The van der Waals surface area contributed by atoms with Crippen LogP contribution in [-0.2, 0) is 19.0 Å². The quantitative estimate of drug-likeness (QED) is 0.0672. The molecule has 0 radical (unpaired) electrons. The Morgan fingerprint density at radius 3 is 1.63 bits per heavy atom. The zero-order valence-electron chi connectivity index (χ0n) is 26.9. The Kier molecular flexibility index (Phi) is 28.7. The van der Waals surface area contributed by atoms with E-state index in [0.29, 0.717) is 13.0 Å². The fourth-order valence-corrected chi connectivity index (χ4v) is 4.36. The molecule has 2 amide bonds. The van der Waals surface area contributed by atoms with E-state index in [-0.39, 0.29) is 37.9 Å². The van der Waals surface area contributed by atoms with Crippen molar-refractivity contribution < 1.29 is 45.5 Å². The summed E-state index contributed by atoms with van der Waals surface area (Å²) in [4.78, 5) is 35.7. The van der Waals surface area contributed by atoms with Gasteiger partial charge in [-0.05, 0) is 6.42 Å². The van der Waals surface area contributed by atoms with Crippen molar-refractivity contribution in [3.8, 4) is 0 Å². The van der Waals surface area contributed by atoms with Crippen molar-refractivity contribution in [1.82, 2.24) is 10.6 Å². The SMILES string of the molecule is CCCCCCCCCCCCCCCCCCOC(=O)NCC(COC(=O)CCC[N+](C)(C)C)OC(=O)NC.[Cl-]. The van der Waals surface area contributed by atoms with E-state index in [1.807, 2.05) is 0 Å². The predicted molar refractivity (Wildman–Crippen MR) is 161 cm³/mol. The Labute approximate surface area is 257 Å². The average Bonchev–Trinajstić information content (AvgIpc) is 2.91. The standard InChI is InChI=1S/C31H61N3O6.ClH/c1-6-7-8-9-10-11-12-13-14-15-16-17-18-19-20-21-25-38-31(37)33-26-28(40-30(36)32-2)27-39-29(35)23-22-24-34(3,4)5;/h28H,6-27H2,1-5H3,(H-,32,33,36,37);1H. The van der Waals surface area contributed by atoms with Gasteiger partial charge in [0.25, 0.3) is 0 Å². The van der Waals surface area contributed by atoms with Crippen molar-refractivity contribution in [3.63, 3.8) is 0 Å². The zero-order valence-corrected chi connectivity index (χ0v) is 27.7. The number of unbranched alkanes of at least 4 members (excludes halogenated alkanes) is 15. The van der Waals surface area contributed by atoms with E-state index in [1.165, 1.54) is 90.5 Å². The van der Waals surface area contributed by atoms with Gasteiger partial charge in [-0.1, -0.05) is 103 Å². The Bertz CT molecular complexity index is 646. The summed E-state index contributed by atoms with van der Waals surface area (Å²) in [6.45, 7) is 3.34. The van der Waals surface area contributed by atoms with Gasteiger partial charge in [0.05, 0.1) is 47.3 Å². The number of ether oxygens (including phenoxy) is 3. The molecule has 0 rings (SSSR count). The molecule has 0 aromatic carbocycles. The van der Waals surface area contributed by atoms with Gasteiger partial charge in [0.15, 0.2) is 6.10 Å². The van der Waals surface area contributed by atoms with Gasteiger partial charge in [-0.2, -0.15) is 0 Å². The Morgan fingerprint density at radius 1 is 0.683 bits per heavy atom. The number of nitrogens with one attached hydrogen (secondary N) is 2. The smallest absolute Gasteiger partial charge is 0.407 e. The molecule has 10 heteroatoms. The van der Waals surface area contributed by atoms with Crippen molar-refractivity contribution >= 4 is 18.2 Å². The van der Waals surface area contributed by atoms with Crippen LogP contribution in [0.5, 0.6) is 0 Å². The minimum absolute atomic E-state index is 0. The molecule has 0 saturated heterocycles. The van der Waals surface area contributed by atoms with Crippen LogP contribution >= 0.6 is 0 Å². The van der Waals surface area contributed by atoms with Crippen molar-refractivity contribution in [2.24, 2.45) is 0 Å². The third-order valence-electron chi connectivity index (χ3n) is 6.82. The van der Waals surface area contributed by atoms with Crippen LogP contribution in [0.15, 0.2) is 0 Å². The van der Waals surface area contributed by atoms with E-state index in [0.717, 1.165) is 30.3 Å². The third-order valence-corrected chi connectivity index (χ3v) is 6.82. The number of quaternary nitrogens is 1. The van der Waals surface area contributed by atoms with Gasteiger partial charge >= 0.3 is 18.2 Å². The maximum atomic E-state index is 12.0. The Morgan fingerprint density at radius 2 is 1.17 bits per heavy atom. The van der Waals surface area contributed by atoms with Crippen LogP contribution in [0.3, 0.4) is 0 Å². The van der Waals surface area contributed by atoms with E-state index in [4.69, 9.17) is 14.2 Å². The van der Waals surface area contributed by atoms with Crippen molar-refractivity contribution in [2.45, 2.75) is 129 Å². The summed E-state index contributed by atoms with van der Waals surface area (Å²) in [6, 6.07) is 0. The van der Waals surface area contributed by atoms with Crippen LogP contribution in [0.4, 0.5) is 9.59 Å². The second-order valence-electron chi connectivity index (χ2n) is 11.9. The van der Waals surface area contributed by atoms with E-state index in [1.54, 1.807) is 0 Å². The van der Waals surface area contributed by atoms with Gasteiger partial charge in [-0.3, -0.25) is 4.79 Å². The number of hydrogen-bond donors (Lipinski definition) is 2. The lowest BCUT2D eigenvalue weighted by Gasteiger charge is -2.23. The lowest BCUT2D eigenvalue weighted by Crippen LogP contribution is -3.00. The van der Waals surface area contributed by atoms with E-state index in [9.17, 15) is 14.4 Å². The summed E-state index contributed by atoms with van der Waals surface area (Å²) in [7, 11) is 7.62. The molecular weight excluding hydrogens is 546 g/mol. The average molecular weight is 608 g/mol. The van der Waals surface area contributed by atoms with Crippen LogP contribution in [-0.4, -0.2) is 83.2 Å².